The molecule has 7 heteroatoms. The topological polar surface area (TPSA) is 52.3 Å². The van der Waals surface area contributed by atoms with Crippen LogP contribution in [0.1, 0.15) is 24.8 Å². The van der Waals surface area contributed by atoms with E-state index in [2.05, 4.69) is 15.1 Å². The van der Waals surface area contributed by atoms with Gasteiger partial charge in [-0.15, -0.1) is 5.10 Å². The number of fused-ring (bicyclic) bond motifs is 1. The normalized spacial score (nSPS) is 18.2. The highest BCUT2D eigenvalue weighted by Gasteiger charge is 2.23. The predicted octanol–water partition coefficient (Wildman–Crippen LogP) is 3.95. The molecule has 5 nitrogen and oxygen atoms in total. The molecule has 0 radical (unpaired) electrons. The highest BCUT2D eigenvalue weighted by Crippen LogP contribution is 2.31. The van der Waals surface area contributed by atoms with Gasteiger partial charge < -0.3 is 4.74 Å². The molecule has 1 atom stereocenters. The molecule has 0 N–H and O–H groups in total. The molecule has 2 aromatic heterocycles. The molecule has 0 spiro atoms. The van der Waals surface area contributed by atoms with Crippen LogP contribution in [0.25, 0.3) is 17.0 Å². The van der Waals surface area contributed by atoms with Gasteiger partial charge in [0.1, 0.15) is 6.10 Å². The van der Waals surface area contributed by atoms with Gasteiger partial charge in [-0.2, -0.15) is 9.50 Å². The van der Waals surface area contributed by atoms with Gasteiger partial charge in [0.05, 0.1) is 10.7 Å². The first-order chi connectivity index (χ1) is 10.7. The van der Waals surface area contributed by atoms with E-state index in [0.717, 1.165) is 30.7 Å². The molecular formula is C15H12Cl2N4O. The van der Waals surface area contributed by atoms with Crippen molar-refractivity contribution in [3.63, 3.8) is 0 Å². The smallest absolute Gasteiger partial charge is 0.253 e. The molecule has 1 fully saturated rings. The lowest BCUT2D eigenvalue weighted by Crippen LogP contribution is -2.00. The number of halogens is 2. The van der Waals surface area contributed by atoms with Crippen LogP contribution >= 0.6 is 23.2 Å². The first kappa shape index (κ1) is 13.9. The summed E-state index contributed by atoms with van der Waals surface area (Å²) in [6.07, 6.45) is 3.62. The zero-order valence-corrected chi connectivity index (χ0v) is 13.1. The van der Waals surface area contributed by atoms with Gasteiger partial charge in [0, 0.05) is 23.4 Å². The highest BCUT2D eigenvalue weighted by atomic mass is 35.5. The fourth-order valence-electron chi connectivity index (χ4n) is 2.63. The van der Waals surface area contributed by atoms with Crippen molar-refractivity contribution in [2.45, 2.75) is 18.9 Å². The maximum atomic E-state index is 6.31. The Morgan fingerprint density at radius 2 is 2.14 bits per heavy atom. The van der Waals surface area contributed by atoms with Gasteiger partial charge in [0.25, 0.3) is 5.78 Å². The van der Waals surface area contributed by atoms with Crippen molar-refractivity contribution >= 4 is 29.0 Å². The van der Waals surface area contributed by atoms with Gasteiger partial charge in [-0.1, -0.05) is 23.2 Å². The number of hydrogen-bond donors (Lipinski definition) is 0. The molecule has 0 saturated carbocycles. The lowest BCUT2D eigenvalue weighted by atomic mass is 10.1. The summed E-state index contributed by atoms with van der Waals surface area (Å²) in [7, 11) is 0. The van der Waals surface area contributed by atoms with Crippen LogP contribution in [0.3, 0.4) is 0 Å². The minimum atomic E-state index is -0.0461. The number of benzene rings is 1. The van der Waals surface area contributed by atoms with Crippen LogP contribution in [0.4, 0.5) is 0 Å². The van der Waals surface area contributed by atoms with Crippen LogP contribution in [0.2, 0.25) is 10.0 Å². The molecule has 0 amide bonds. The molecule has 1 aromatic carbocycles. The minimum absolute atomic E-state index is 0.0461. The zero-order chi connectivity index (χ0) is 15.1. The third-order valence-electron chi connectivity index (χ3n) is 3.68. The third-order valence-corrected chi connectivity index (χ3v) is 4.23. The van der Waals surface area contributed by atoms with Crippen LogP contribution in [-0.2, 0) is 4.74 Å². The van der Waals surface area contributed by atoms with Crippen molar-refractivity contribution in [2.24, 2.45) is 0 Å². The summed E-state index contributed by atoms with van der Waals surface area (Å²) in [6, 6.07) is 7.23. The van der Waals surface area contributed by atoms with Crippen molar-refractivity contribution in [1.29, 1.82) is 0 Å². The lowest BCUT2D eigenvalue weighted by molar-refractivity contribution is 0.105. The van der Waals surface area contributed by atoms with Crippen LogP contribution in [0, 0.1) is 0 Å². The number of aromatic nitrogens is 4. The van der Waals surface area contributed by atoms with Gasteiger partial charge in [0.2, 0.25) is 0 Å². The average Bonchev–Trinajstić information content (AvgIpc) is 3.16. The lowest BCUT2D eigenvalue weighted by Gasteiger charge is -2.06. The molecule has 0 bridgehead atoms. The van der Waals surface area contributed by atoms with Crippen molar-refractivity contribution < 1.29 is 4.74 Å². The second-order valence-electron chi connectivity index (χ2n) is 5.14. The van der Waals surface area contributed by atoms with E-state index < -0.39 is 0 Å². The molecule has 22 heavy (non-hydrogen) atoms. The SMILES string of the molecule is Clc1ccc(-c2ccnc3nc([C@@H]4CCCO4)nn23)c(Cl)c1. The molecule has 1 aliphatic rings. The summed E-state index contributed by atoms with van der Waals surface area (Å²) in [5.74, 6) is 1.21. The minimum Gasteiger partial charge on any atom is -0.370 e. The largest absolute Gasteiger partial charge is 0.370 e. The maximum absolute atomic E-state index is 6.31. The van der Waals surface area contributed by atoms with Gasteiger partial charge in [-0.25, -0.2) is 4.98 Å². The molecule has 1 saturated heterocycles. The number of ether oxygens (including phenoxy) is 1. The van der Waals surface area contributed by atoms with Gasteiger partial charge in [0.15, 0.2) is 5.82 Å². The average molecular weight is 335 g/mol. The van der Waals surface area contributed by atoms with E-state index in [9.17, 15) is 0 Å². The Balaban J connectivity index is 1.87. The highest BCUT2D eigenvalue weighted by molar-refractivity contribution is 6.36. The molecule has 3 heterocycles. The Hall–Kier alpha value is -1.69. The number of rotatable bonds is 2. The van der Waals surface area contributed by atoms with Crippen molar-refractivity contribution in [1.82, 2.24) is 19.6 Å². The van der Waals surface area contributed by atoms with Crippen LogP contribution in [0.15, 0.2) is 30.5 Å². The number of nitrogens with zero attached hydrogens (tertiary/aromatic N) is 4. The number of hydrogen-bond acceptors (Lipinski definition) is 4. The van der Waals surface area contributed by atoms with E-state index in [1.165, 1.54) is 0 Å². The van der Waals surface area contributed by atoms with E-state index in [1.54, 1.807) is 22.8 Å². The first-order valence-corrected chi connectivity index (χ1v) is 7.77. The van der Waals surface area contributed by atoms with Crippen LogP contribution in [0.5, 0.6) is 0 Å². The fourth-order valence-corrected chi connectivity index (χ4v) is 3.13. The van der Waals surface area contributed by atoms with E-state index in [1.807, 2.05) is 12.1 Å². The molecule has 4 rings (SSSR count). The monoisotopic (exact) mass is 334 g/mol. The summed E-state index contributed by atoms with van der Waals surface area (Å²) in [6.45, 7) is 0.753. The van der Waals surface area contributed by atoms with Crippen LogP contribution < -0.4 is 0 Å². The third kappa shape index (κ3) is 2.35. The van der Waals surface area contributed by atoms with Crippen molar-refractivity contribution in [3.8, 4) is 11.3 Å². The molecular weight excluding hydrogens is 323 g/mol. The molecule has 0 aliphatic carbocycles. The Morgan fingerprint density at radius 3 is 2.91 bits per heavy atom. The Morgan fingerprint density at radius 1 is 1.23 bits per heavy atom. The Kier molecular flexibility index (Phi) is 3.48. The quantitative estimate of drug-likeness (QED) is 0.712. The molecule has 112 valence electrons. The van der Waals surface area contributed by atoms with E-state index in [0.29, 0.717) is 21.6 Å². The van der Waals surface area contributed by atoms with Crippen molar-refractivity contribution in [3.05, 3.63) is 46.3 Å². The molecule has 1 aliphatic heterocycles. The summed E-state index contributed by atoms with van der Waals surface area (Å²) in [5, 5.41) is 5.72. The van der Waals surface area contributed by atoms with Gasteiger partial charge in [-0.3, -0.25) is 0 Å². The molecule has 0 unspecified atom stereocenters. The Labute approximate surface area is 136 Å². The van der Waals surface area contributed by atoms with Crippen LogP contribution in [-0.4, -0.2) is 26.2 Å². The maximum Gasteiger partial charge on any atom is 0.253 e. The second kappa shape index (κ2) is 5.50. The summed E-state index contributed by atoms with van der Waals surface area (Å²) < 4.78 is 7.34. The van der Waals surface area contributed by atoms with E-state index >= 15 is 0 Å². The summed E-state index contributed by atoms with van der Waals surface area (Å²) >= 11 is 12.3. The predicted molar refractivity (Wildman–Crippen MR) is 84.2 cm³/mol. The summed E-state index contributed by atoms with van der Waals surface area (Å²) in [5.41, 5.74) is 1.66. The summed E-state index contributed by atoms with van der Waals surface area (Å²) in [4.78, 5) is 8.75. The van der Waals surface area contributed by atoms with E-state index in [4.69, 9.17) is 27.9 Å². The fraction of sp³-hybridized carbons (Fsp3) is 0.267. The van der Waals surface area contributed by atoms with E-state index in [-0.39, 0.29) is 6.10 Å². The van der Waals surface area contributed by atoms with Crippen molar-refractivity contribution in [2.75, 3.05) is 6.61 Å². The standard InChI is InChI=1S/C15H12Cl2N4O/c16-9-3-4-10(11(17)8-9)12-5-6-18-15-19-14(20-21(12)15)13-2-1-7-22-13/h3-6,8,13H,1-2,7H2/t13-/m0/s1. The second-order valence-corrected chi connectivity index (χ2v) is 5.98. The van der Waals surface area contributed by atoms with Gasteiger partial charge in [-0.05, 0) is 37.1 Å². The Bertz CT molecular complexity index is 843. The van der Waals surface area contributed by atoms with Gasteiger partial charge >= 0.3 is 0 Å². The molecule has 3 aromatic rings. The zero-order valence-electron chi connectivity index (χ0n) is 11.5. The first-order valence-electron chi connectivity index (χ1n) is 7.01.